The van der Waals surface area contributed by atoms with E-state index in [0.717, 1.165) is 6.42 Å². The van der Waals surface area contributed by atoms with Crippen LogP contribution in [0.1, 0.15) is 19.8 Å². The average Bonchev–Trinajstić information content (AvgIpc) is 2.46. The molecule has 0 N–H and O–H groups in total. The van der Waals surface area contributed by atoms with Gasteiger partial charge < -0.3 is 9.47 Å². The predicted octanol–water partition coefficient (Wildman–Crippen LogP) is 0.479. The first kappa shape index (κ1) is 6.00. The van der Waals surface area contributed by atoms with Crippen LogP contribution in [0, 0.1) is 5.92 Å². The summed E-state index contributed by atoms with van der Waals surface area (Å²) >= 11 is 0. The molecular formula is C8H10O3. The first-order valence-corrected chi connectivity index (χ1v) is 4.06. The molecule has 2 saturated heterocycles. The molecular weight excluding hydrogens is 144 g/mol. The summed E-state index contributed by atoms with van der Waals surface area (Å²) in [6, 6.07) is 0. The van der Waals surface area contributed by atoms with Crippen LogP contribution in [0.15, 0.2) is 0 Å². The number of carbonyl (C=O) groups is 1. The Hall–Kier alpha value is -0.570. The minimum atomic E-state index is -0.176. The van der Waals surface area contributed by atoms with Gasteiger partial charge in [0.05, 0.1) is 18.6 Å². The Bertz CT molecular complexity index is 237. The highest BCUT2D eigenvalue weighted by Crippen LogP contribution is 2.55. The molecule has 3 heteroatoms. The van der Waals surface area contributed by atoms with Crippen molar-refractivity contribution in [2.24, 2.45) is 5.92 Å². The Morgan fingerprint density at radius 3 is 3.18 bits per heavy atom. The number of fused-ring (bicyclic) bond motifs is 3. The van der Waals surface area contributed by atoms with Crippen molar-refractivity contribution in [1.29, 1.82) is 0 Å². The van der Waals surface area contributed by atoms with Gasteiger partial charge in [0.15, 0.2) is 0 Å². The SMILES string of the molecule is C[C@]12C[C@@H]3O[C@@H]3[C@H]1CC(=O)O2. The minimum Gasteiger partial charge on any atom is -0.459 e. The van der Waals surface area contributed by atoms with Gasteiger partial charge in [0, 0.05) is 12.3 Å². The molecule has 3 nitrogen and oxygen atoms in total. The minimum absolute atomic E-state index is 0.0496. The van der Waals surface area contributed by atoms with Crippen LogP contribution in [0.25, 0.3) is 0 Å². The van der Waals surface area contributed by atoms with Crippen molar-refractivity contribution in [2.45, 2.75) is 37.6 Å². The maximum atomic E-state index is 10.9. The second-order valence-corrected chi connectivity index (χ2v) is 3.94. The van der Waals surface area contributed by atoms with E-state index in [2.05, 4.69) is 0 Å². The first-order chi connectivity index (χ1) is 5.19. The number of hydrogen-bond acceptors (Lipinski definition) is 3. The van der Waals surface area contributed by atoms with Crippen molar-refractivity contribution in [2.75, 3.05) is 0 Å². The number of hydrogen-bond donors (Lipinski definition) is 0. The van der Waals surface area contributed by atoms with Gasteiger partial charge in [-0.1, -0.05) is 0 Å². The molecule has 3 rings (SSSR count). The molecule has 3 aliphatic rings. The van der Waals surface area contributed by atoms with Crippen LogP contribution in [-0.2, 0) is 14.3 Å². The van der Waals surface area contributed by atoms with E-state index in [1.165, 1.54) is 0 Å². The van der Waals surface area contributed by atoms with Gasteiger partial charge in [-0.3, -0.25) is 4.79 Å². The van der Waals surface area contributed by atoms with Crippen LogP contribution >= 0.6 is 0 Å². The van der Waals surface area contributed by atoms with Crippen LogP contribution in [0.5, 0.6) is 0 Å². The largest absolute Gasteiger partial charge is 0.459 e. The lowest BCUT2D eigenvalue weighted by Crippen LogP contribution is -2.30. The summed E-state index contributed by atoms with van der Waals surface area (Å²) in [6.07, 6.45) is 2.22. The summed E-state index contributed by atoms with van der Waals surface area (Å²) in [6.45, 7) is 2.03. The molecule has 60 valence electrons. The predicted molar refractivity (Wildman–Crippen MR) is 35.9 cm³/mol. The summed E-state index contributed by atoms with van der Waals surface area (Å²) in [7, 11) is 0. The number of rotatable bonds is 0. The normalized spacial score (nSPS) is 58.6. The lowest BCUT2D eigenvalue weighted by Gasteiger charge is -2.23. The average molecular weight is 154 g/mol. The highest BCUT2D eigenvalue weighted by Gasteiger charge is 2.66. The molecule has 3 fully saturated rings. The van der Waals surface area contributed by atoms with E-state index in [4.69, 9.17) is 9.47 Å². The van der Waals surface area contributed by atoms with Crippen LogP contribution < -0.4 is 0 Å². The van der Waals surface area contributed by atoms with Crippen molar-refractivity contribution < 1.29 is 14.3 Å². The molecule has 0 radical (unpaired) electrons. The smallest absolute Gasteiger partial charge is 0.306 e. The van der Waals surface area contributed by atoms with Crippen LogP contribution in [0.2, 0.25) is 0 Å². The standard InChI is InChI=1S/C8H10O3/c1-8-3-5-7(10-5)4(8)2-6(9)11-8/h4-5,7H,2-3H2,1H3/t4-,5+,7-,8+/m1/s1. The van der Waals surface area contributed by atoms with Gasteiger partial charge in [0.2, 0.25) is 0 Å². The zero-order valence-corrected chi connectivity index (χ0v) is 6.37. The maximum Gasteiger partial charge on any atom is 0.306 e. The molecule has 0 bridgehead atoms. The molecule has 0 aromatic carbocycles. The van der Waals surface area contributed by atoms with Crippen LogP contribution in [0.3, 0.4) is 0 Å². The maximum absolute atomic E-state index is 10.9. The summed E-state index contributed by atoms with van der Waals surface area (Å²) in [5.74, 6) is 0.298. The van der Waals surface area contributed by atoms with E-state index < -0.39 is 0 Å². The summed E-state index contributed by atoms with van der Waals surface area (Å²) in [4.78, 5) is 10.9. The number of epoxide rings is 1. The van der Waals surface area contributed by atoms with E-state index in [9.17, 15) is 4.79 Å². The molecule has 0 aromatic heterocycles. The van der Waals surface area contributed by atoms with Crippen LogP contribution in [0.4, 0.5) is 0 Å². The highest BCUT2D eigenvalue weighted by molar-refractivity contribution is 5.73. The van der Waals surface area contributed by atoms with Crippen molar-refractivity contribution in [3.63, 3.8) is 0 Å². The van der Waals surface area contributed by atoms with E-state index in [0.29, 0.717) is 24.5 Å². The molecule has 1 saturated carbocycles. The quantitative estimate of drug-likeness (QED) is 0.376. The lowest BCUT2D eigenvalue weighted by atomic mass is 9.92. The fourth-order valence-electron chi connectivity index (χ4n) is 2.50. The zero-order chi connectivity index (χ0) is 7.64. The van der Waals surface area contributed by atoms with Gasteiger partial charge in [-0.25, -0.2) is 0 Å². The third kappa shape index (κ3) is 0.601. The Labute approximate surface area is 64.7 Å². The van der Waals surface area contributed by atoms with E-state index in [-0.39, 0.29) is 11.6 Å². The fourth-order valence-corrected chi connectivity index (χ4v) is 2.50. The molecule has 11 heavy (non-hydrogen) atoms. The van der Waals surface area contributed by atoms with Gasteiger partial charge in [-0.05, 0) is 6.92 Å². The molecule has 0 amide bonds. The Balaban J connectivity index is 1.96. The number of carbonyl (C=O) groups excluding carboxylic acids is 1. The molecule has 0 spiro atoms. The monoisotopic (exact) mass is 154 g/mol. The van der Waals surface area contributed by atoms with E-state index in [1.54, 1.807) is 0 Å². The molecule has 0 aromatic rings. The van der Waals surface area contributed by atoms with Crippen molar-refractivity contribution in [3.8, 4) is 0 Å². The third-order valence-corrected chi connectivity index (χ3v) is 3.14. The van der Waals surface area contributed by atoms with Gasteiger partial charge >= 0.3 is 5.97 Å². The van der Waals surface area contributed by atoms with Crippen molar-refractivity contribution >= 4 is 5.97 Å². The summed E-state index contributed by atoms with van der Waals surface area (Å²) in [5, 5.41) is 0. The molecule has 4 atom stereocenters. The molecule has 2 aliphatic heterocycles. The number of esters is 1. The van der Waals surface area contributed by atoms with Crippen molar-refractivity contribution in [1.82, 2.24) is 0 Å². The van der Waals surface area contributed by atoms with Gasteiger partial charge in [-0.2, -0.15) is 0 Å². The van der Waals surface area contributed by atoms with E-state index in [1.807, 2.05) is 6.92 Å². The summed E-state index contributed by atoms with van der Waals surface area (Å²) < 4.78 is 10.6. The Morgan fingerprint density at radius 1 is 1.64 bits per heavy atom. The van der Waals surface area contributed by atoms with Gasteiger partial charge in [-0.15, -0.1) is 0 Å². The zero-order valence-electron chi connectivity index (χ0n) is 6.37. The van der Waals surface area contributed by atoms with E-state index >= 15 is 0 Å². The Kier molecular flexibility index (Phi) is 0.796. The lowest BCUT2D eigenvalue weighted by molar-refractivity contribution is -0.148. The summed E-state index contributed by atoms with van der Waals surface area (Å²) in [5.41, 5.74) is -0.176. The second-order valence-electron chi connectivity index (χ2n) is 3.94. The molecule has 0 unspecified atom stereocenters. The topological polar surface area (TPSA) is 38.8 Å². The van der Waals surface area contributed by atoms with Crippen molar-refractivity contribution in [3.05, 3.63) is 0 Å². The van der Waals surface area contributed by atoms with Crippen LogP contribution in [-0.4, -0.2) is 23.8 Å². The molecule has 1 aliphatic carbocycles. The second kappa shape index (κ2) is 1.46. The van der Waals surface area contributed by atoms with Gasteiger partial charge in [0.1, 0.15) is 5.60 Å². The highest BCUT2D eigenvalue weighted by atomic mass is 16.6. The van der Waals surface area contributed by atoms with Gasteiger partial charge in [0.25, 0.3) is 0 Å². The fraction of sp³-hybridized carbons (Fsp3) is 0.875. The first-order valence-electron chi connectivity index (χ1n) is 4.06. The molecule has 2 heterocycles. The third-order valence-electron chi connectivity index (χ3n) is 3.14. The number of ether oxygens (including phenoxy) is 2. The Morgan fingerprint density at radius 2 is 2.45 bits per heavy atom.